The highest BCUT2D eigenvalue weighted by Gasteiger charge is 2.04. The summed E-state index contributed by atoms with van der Waals surface area (Å²) in [6.07, 6.45) is 1.72. The Morgan fingerprint density at radius 2 is 2.12 bits per heavy atom. The van der Waals surface area contributed by atoms with Crippen molar-refractivity contribution in [3.05, 3.63) is 61.9 Å². The molecule has 3 nitrogen and oxygen atoms in total. The molecular weight excluding hydrogens is 304 g/mol. The summed E-state index contributed by atoms with van der Waals surface area (Å²) in [5, 5.41) is 0.609. The predicted molar refractivity (Wildman–Crippen MR) is 73.4 cm³/mol. The number of pyridine rings is 1. The molecule has 2 N–H and O–H groups in total. The normalized spacial score (nSPS) is 10.5. The van der Waals surface area contributed by atoms with Gasteiger partial charge in [0.1, 0.15) is 0 Å². The first-order valence-electron chi connectivity index (χ1n) is 4.97. The van der Waals surface area contributed by atoms with Gasteiger partial charge in [-0.25, -0.2) is 0 Å². The lowest BCUT2D eigenvalue weighted by atomic mass is 10.2. The second-order valence-corrected chi connectivity index (χ2v) is 4.92. The molecule has 2 aromatic rings. The van der Waals surface area contributed by atoms with Crippen LogP contribution in [0.2, 0.25) is 5.02 Å². The van der Waals surface area contributed by atoms with Crippen molar-refractivity contribution in [2.24, 2.45) is 0 Å². The van der Waals surface area contributed by atoms with Crippen molar-refractivity contribution in [3.8, 4) is 0 Å². The average molecular weight is 314 g/mol. The van der Waals surface area contributed by atoms with Gasteiger partial charge in [-0.05, 0) is 51.8 Å². The first-order chi connectivity index (χ1) is 8.08. The summed E-state index contributed by atoms with van der Waals surface area (Å²) in [6, 6.07) is 8.74. The molecule has 1 aromatic heterocycles. The third kappa shape index (κ3) is 2.70. The first-order valence-corrected chi connectivity index (χ1v) is 6.14. The summed E-state index contributed by atoms with van der Waals surface area (Å²) in [7, 11) is 0. The van der Waals surface area contributed by atoms with Crippen molar-refractivity contribution in [1.82, 2.24) is 4.57 Å². The van der Waals surface area contributed by atoms with E-state index in [1.807, 2.05) is 0 Å². The van der Waals surface area contributed by atoms with E-state index in [9.17, 15) is 4.79 Å². The quantitative estimate of drug-likeness (QED) is 0.867. The maximum absolute atomic E-state index is 11.8. The Hall–Kier alpha value is -1.26. The van der Waals surface area contributed by atoms with Crippen LogP contribution in [-0.4, -0.2) is 4.57 Å². The van der Waals surface area contributed by atoms with Crippen LogP contribution in [0.4, 0.5) is 5.69 Å². The van der Waals surface area contributed by atoms with Crippen molar-refractivity contribution in [2.45, 2.75) is 6.54 Å². The van der Waals surface area contributed by atoms with E-state index in [2.05, 4.69) is 15.9 Å². The Bertz CT molecular complexity index is 610. The number of nitrogens with two attached hydrogens (primary N) is 1. The van der Waals surface area contributed by atoms with E-state index in [0.29, 0.717) is 21.7 Å². The summed E-state index contributed by atoms with van der Waals surface area (Å²) < 4.78 is 2.10. The van der Waals surface area contributed by atoms with Crippen LogP contribution in [0.3, 0.4) is 0 Å². The summed E-state index contributed by atoms with van der Waals surface area (Å²) in [4.78, 5) is 11.8. The molecule has 0 saturated heterocycles. The number of nitrogens with zero attached hydrogens (tertiary/aromatic N) is 1. The van der Waals surface area contributed by atoms with Crippen molar-refractivity contribution in [3.63, 3.8) is 0 Å². The molecule has 88 valence electrons. The molecule has 17 heavy (non-hydrogen) atoms. The number of aromatic nitrogens is 1. The van der Waals surface area contributed by atoms with E-state index in [-0.39, 0.29) is 5.56 Å². The molecule has 0 radical (unpaired) electrons. The van der Waals surface area contributed by atoms with E-state index in [0.717, 1.165) is 5.56 Å². The standard InChI is InChI=1S/C12H10BrClN2O/c13-10-2-1-5-16(12(10)17)7-8-6-9(14)3-4-11(8)15/h1-6H,7,15H2. The smallest absolute Gasteiger partial charge is 0.265 e. The molecule has 0 fully saturated rings. The van der Waals surface area contributed by atoms with Gasteiger partial charge in [-0.15, -0.1) is 0 Å². The molecule has 1 aromatic carbocycles. The van der Waals surface area contributed by atoms with E-state index in [1.54, 1.807) is 41.1 Å². The topological polar surface area (TPSA) is 48.0 Å². The molecular formula is C12H10BrClN2O. The average Bonchev–Trinajstić information content (AvgIpc) is 2.30. The minimum Gasteiger partial charge on any atom is -0.398 e. The van der Waals surface area contributed by atoms with Crippen LogP contribution in [0.15, 0.2) is 45.8 Å². The molecule has 0 bridgehead atoms. The van der Waals surface area contributed by atoms with Gasteiger partial charge in [-0.2, -0.15) is 0 Å². The maximum Gasteiger partial charge on any atom is 0.265 e. The zero-order valence-corrected chi connectivity index (χ0v) is 11.2. The molecule has 2 rings (SSSR count). The van der Waals surface area contributed by atoms with Crippen molar-refractivity contribution >= 4 is 33.2 Å². The van der Waals surface area contributed by atoms with Gasteiger partial charge in [-0.3, -0.25) is 4.79 Å². The molecule has 0 atom stereocenters. The van der Waals surface area contributed by atoms with Crippen molar-refractivity contribution < 1.29 is 0 Å². The third-order valence-corrected chi connectivity index (χ3v) is 3.26. The van der Waals surface area contributed by atoms with Crippen LogP contribution in [0.1, 0.15) is 5.56 Å². The highest BCUT2D eigenvalue weighted by atomic mass is 79.9. The monoisotopic (exact) mass is 312 g/mol. The summed E-state index contributed by atoms with van der Waals surface area (Å²) in [6.45, 7) is 0.407. The second-order valence-electron chi connectivity index (χ2n) is 3.63. The van der Waals surface area contributed by atoms with Crippen LogP contribution in [-0.2, 0) is 6.54 Å². The lowest BCUT2D eigenvalue weighted by Gasteiger charge is -2.09. The molecule has 0 unspecified atom stereocenters. The van der Waals surface area contributed by atoms with E-state index in [4.69, 9.17) is 17.3 Å². The molecule has 0 amide bonds. The number of hydrogen-bond acceptors (Lipinski definition) is 2. The summed E-state index contributed by atoms with van der Waals surface area (Å²) >= 11 is 9.10. The molecule has 0 aliphatic carbocycles. The molecule has 5 heteroatoms. The Balaban J connectivity index is 2.41. The zero-order valence-electron chi connectivity index (χ0n) is 8.86. The number of anilines is 1. The Morgan fingerprint density at radius 3 is 2.88 bits per heavy atom. The van der Waals surface area contributed by atoms with Gasteiger partial charge in [0, 0.05) is 16.9 Å². The van der Waals surface area contributed by atoms with Crippen LogP contribution in [0.5, 0.6) is 0 Å². The summed E-state index contributed by atoms with van der Waals surface area (Å²) in [5.41, 5.74) is 7.21. The minimum absolute atomic E-state index is 0.0909. The molecule has 0 aliphatic heterocycles. The fraction of sp³-hybridized carbons (Fsp3) is 0.0833. The highest BCUT2D eigenvalue weighted by molar-refractivity contribution is 9.10. The van der Waals surface area contributed by atoms with Gasteiger partial charge in [0.2, 0.25) is 0 Å². The molecule has 0 aliphatic rings. The van der Waals surface area contributed by atoms with Crippen molar-refractivity contribution in [1.29, 1.82) is 0 Å². The number of benzene rings is 1. The van der Waals surface area contributed by atoms with E-state index >= 15 is 0 Å². The highest BCUT2D eigenvalue weighted by Crippen LogP contribution is 2.18. The molecule has 1 heterocycles. The third-order valence-electron chi connectivity index (χ3n) is 2.42. The lowest BCUT2D eigenvalue weighted by molar-refractivity contribution is 0.757. The Morgan fingerprint density at radius 1 is 1.35 bits per heavy atom. The Kier molecular flexibility index (Phi) is 3.54. The Labute approximate surface area is 112 Å². The first kappa shape index (κ1) is 12.2. The number of hydrogen-bond donors (Lipinski definition) is 1. The van der Waals surface area contributed by atoms with Crippen LogP contribution < -0.4 is 11.3 Å². The van der Waals surface area contributed by atoms with Gasteiger partial charge in [0.25, 0.3) is 5.56 Å². The summed E-state index contributed by atoms with van der Waals surface area (Å²) in [5.74, 6) is 0. The SMILES string of the molecule is Nc1ccc(Cl)cc1Cn1cccc(Br)c1=O. The zero-order chi connectivity index (χ0) is 12.4. The fourth-order valence-electron chi connectivity index (χ4n) is 1.53. The molecule has 0 saturated carbocycles. The van der Waals surface area contributed by atoms with Gasteiger partial charge >= 0.3 is 0 Å². The van der Waals surface area contributed by atoms with Gasteiger partial charge < -0.3 is 10.3 Å². The second kappa shape index (κ2) is 4.94. The maximum atomic E-state index is 11.8. The van der Waals surface area contributed by atoms with Gasteiger partial charge in [0.15, 0.2) is 0 Å². The van der Waals surface area contributed by atoms with E-state index in [1.165, 1.54) is 0 Å². The number of halogens is 2. The van der Waals surface area contributed by atoms with Crippen LogP contribution >= 0.6 is 27.5 Å². The lowest BCUT2D eigenvalue weighted by Crippen LogP contribution is -2.20. The van der Waals surface area contributed by atoms with Crippen LogP contribution in [0, 0.1) is 0 Å². The van der Waals surface area contributed by atoms with Gasteiger partial charge in [-0.1, -0.05) is 11.6 Å². The van der Waals surface area contributed by atoms with Gasteiger partial charge in [0.05, 0.1) is 11.0 Å². The predicted octanol–water partition coefficient (Wildman–Crippen LogP) is 2.89. The number of nitrogen functional groups attached to an aromatic ring is 1. The largest absolute Gasteiger partial charge is 0.398 e. The van der Waals surface area contributed by atoms with Crippen LogP contribution in [0.25, 0.3) is 0 Å². The number of rotatable bonds is 2. The van der Waals surface area contributed by atoms with Crippen molar-refractivity contribution in [2.75, 3.05) is 5.73 Å². The minimum atomic E-state index is -0.0909. The molecule has 0 spiro atoms. The van der Waals surface area contributed by atoms with E-state index < -0.39 is 0 Å². The fourth-order valence-corrected chi connectivity index (χ4v) is 2.10.